The van der Waals surface area contributed by atoms with Crippen LogP contribution in [-0.2, 0) is 0 Å². The van der Waals surface area contributed by atoms with Crippen molar-refractivity contribution in [3.63, 3.8) is 0 Å². The molecule has 2 nitrogen and oxygen atoms in total. The molecule has 0 radical (unpaired) electrons. The van der Waals surface area contributed by atoms with Crippen molar-refractivity contribution in [2.75, 3.05) is 7.11 Å². The zero-order valence-electron chi connectivity index (χ0n) is 8.54. The molecule has 0 saturated carbocycles. The monoisotopic (exact) mass is 222 g/mol. The number of halogens is 1. The predicted molar refractivity (Wildman–Crippen MR) is 61.9 cm³/mol. The van der Waals surface area contributed by atoms with E-state index in [0.29, 0.717) is 10.8 Å². The quantitative estimate of drug-likeness (QED) is 0.800. The van der Waals surface area contributed by atoms with Crippen LogP contribution in [0.1, 0.15) is 5.56 Å². The third-order valence-corrected chi connectivity index (χ3v) is 2.95. The van der Waals surface area contributed by atoms with Crippen LogP contribution in [0.5, 0.6) is 11.5 Å². The number of fused-ring (bicyclic) bond motifs is 1. The van der Waals surface area contributed by atoms with E-state index in [1.165, 1.54) is 0 Å². The van der Waals surface area contributed by atoms with Gasteiger partial charge in [-0.2, -0.15) is 0 Å². The van der Waals surface area contributed by atoms with E-state index in [2.05, 4.69) is 0 Å². The minimum atomic E-state index is 0.281. The molecule has 1 N–H and O–H groups in total. The van der Waals surface area contributed by atoms with Crippen LogP contribution in [0.4, 0.5) is 0 Å². The molecule has 0 fully saturated rings. The minimum absolute atomic E-state index is 0.281. The summed E-state index contributed by atoms with van der Waals surface area (Å²) in [6.45, 7) is 1.86. The van der Waals surface area contributed by atoms with Crippen molar-refractivity contribution < 1.29 is 9.84 Å². The largest absolute Gasteiger partial charge is 0.508 e. The van der Waals surface area contributed by atoms with Crippen LogP contribution in [-0.4, -0.2) is 12.2 Å². The molecule has 0 saturated heterocycles. The zero-order chi connectivity index (χ0) is 11.0. The number of rotatable bonds is 1. The Morgan fingerprint density at radius 1 is 1.13 bits per heavy atom. The van der Waals surface area contributed by atoms with Crippen LogP contribution in [0, 0.1) is 6.92 Å². The van der Waals surface area contributed by atoms with Gasteiger partial charge in [-0.05, 0) is 36.1 Å². The number of methoxy groups -OCH3 is 1. The highest BCUT2D eigenvalue weighted by Gasteiger charge is 2.09. The van der Waals surface area contributed by atoms with Gasteiger partial charge < -0.3 is 9.84 Å². The summed E-state index contributed by atoms with van der Waals surface area (Å²) in [6.07, 6.45) is 0. The molecule has 0 aliphatic carbocycles. The van der Waals surface area contributed by atoms with Gasteiger partial charge >= 0.3 is 0 Å². The Hall–Kier alpha value is -1.41. The summed E-state index contributed by atoms with van der Waals surface area (Å²) in [6, 6.07) is 7.14. The topological polar surface area (TPSA) is 29.5 Å². The molecular formula is C12H11ClO2. The third kappa shape index (κ3) is 1.51. The van der Waals surface area contributed by atoms with Crippen LogP contribution < -0.4 is 4.74 Å². The molecule has 0 atom stereocenters. The average molecular weight is 223 g/mol. The van der Waals surface area contributed by atoms with Crippen molar-refractivity contribution in [1.82, 2.24) is 0 Å². The Bertz CT molecular complexity index is 521. The molecule has 0 aliphatic heterocycles. The molecule has 15 heavy (non-hydrogen) atoms. The van der Waals surface area contributed by atoms with E-state index >= 15 is 0 Å². The molecule has 0 spiro atoms. The second kappa shape index (κ2) is 3.63. The molecule has 2 aromatic rings. The first kappa shape index (κ1) is 10.1. The van der Waals surface area contributed by atoms with Crippen LogP contribution in [0.3, 0.4) is 0 Å². The Kier molecular flexibility index (Phi) is 2.45. The molecule has 0 amide bonds. The van der Waals surface area contributed by atoms with Crippen LogP contribution >= 0.6 is 11.6 Å². The first-order valence-electron chi connectivity index (χ1n) is 4.60. The van der Waals surface area contributed by atoms with E-state index in [9.17, 15) is 5.11 Å². The smallest absolute Gasteiger partial charge is 0.138 e. The first-order valence-corrected chi connectivity index (χ1v) is 4.97. The molecule has 0 unspecified atom stereocenters. The van der Waals surface area contributed by atoms with E-state index in [1.807, 2.05) is 13.0 Å². The van der Waals surface area contributed by atoms with Crippen LogP contribution in [0.2, 0.25) is 5.02 Å². The number of hydrogen-bond acceptors (Lipinski definition) is 2. The fraction of sp³-hybridized carbons (Fsp3) is 0.167. The number of aromatic hydroxyl groups is 1. The first-order chi connectivity index (χ1) is 7.15. The Morgan fingerprint density at radius 3 is 2.47 bits per heavy atom. The summed E-state index contributed by atoms with van der Waals surface area (Å²) in [5.74, 6) is 0.929. The molecule has 0 heterocycles. The van der Waals surface area contributed by atoms with Gasteiger partial charge in [0.05, 0.1) is 12.1 Å². The van der Waals surface area contributed by atoms with E-state index in [1.54, 1.807) is 25.3 Å². The third-order valence-electron chi connectivity index (χ3n) is 2.56. The summed E-state index contributed by atoms with van der Waals surface area (Å²) in [5.41, 5.74) is 0.831. The van der Waals surface area contributed by atoms with Gasteiger partial charge in [0.2, 0.25) is 0 Å². The molecule has 2 aromatic carbocycles. The molecule has 3 heteroatoms. The van der Waals surface area contributed by atoms with Gasteiger partial charge in [-0.1, -0.05) is 17.7 Å². The molecule has 0 aromatic heterocycles. The highest BCUT2D eigenvalue weighted by atomic mass is 35.5. The maximum absolute atomic E-state index is 9.56. The zero-order valence-corrected chi connectivity index (χ0v) is 9.30. The lowest BCUT2D eigenvalue weighted by Gasteiger charge is -2.09. The summed E-state index contributed by atoms with van der Waals surface area (Å²) in [4.78, 5) is 0. The number of ether oxygens (including phenoxy) is 1. The van der Waals surface area contributed by atoms with E-state index in [-0.39, 0.29) is 5.75 Å². The van der Waals surface area contributed by atoms with Crippen molar-refractivity contribution in [2.45, 2.75) is 6.92 Å². The lowest BCUT2D eigenvalue weighted by Crippen LogP contribution is -1.86. The summed E-state index contributed by atoms with van der Waals surface area (Å²) >= 11 is 6.16. The standard InChI is InChI=1S/C12H11ClO2/c1-7-8-4-6-11(15-2)12(13)9(8)3-5-10(7)14/h3-6,14H,1-2H3. The van der Waals surface area contributed by atoms with Crippen molar-refractivity contribution >= 4 is 22.4 Å². The number of benzene rings is 2. The van der Waals surface area contributed by atoms with Gasteiger partial charge in [-0.25, -0.2) is 0 Å². The maximum Gasteiger partial charge on any atom is 0.138 e. The van der Waals surface area contributed by atoms with Crippen molar-refractivity contribution in [3.8, 4) is 11.5 Å². The minimum Gasteiger partial charge on any atom is -0.508 e. The van der Waals surface area contributed by atoms with Gasteiger partial charge in [0.25, 0.3) is 0 Å². The molecule has 2 rings (SSSR count). The van der Waals surface area contributed by atoms with Crippen molar-refractivity contribution in [2.24, 2.45) is 0 Å². The van der Waals surface area contributed by atoms with Gasteiger partial charge in [0.1, 0.15) is 11.5 Å². The predicted octanol–water partition coefficient (Wildman–Crippen LogP) is 3.52. The number of phenolic OH excluding ortho intramolecular Hbond substituents is 1. The highest BCUT2D eigenvalue weighted by Crippen LogP contribution is 2.36. The van der Waals surface area contributed by atoms with Crippen molar-refractivity contribution in [1.29, 1.82) is 0 Å². The Labute approximate surface area is 93.1 Å². The van der Waals surface area contributed by atoms with Crippen LogP contribution in [0.25, 0.3) is 10.8 Å². The normalized spacial score (nSPS) is 10.6. The van der Waals surface area contributed by atoms with Crippen molar-refractivity contribution in [3.05, 3.63) is 34.9 Å². The fourth-order valence-corrected chi connectivity index (χ4v) is 1.95. The Morgan fingerprint density at radius 2 is 1.80 bits per heavy atom. The van der Waals surface area contributed by atoms with Crippen LogP contribution in [0.15, 0.2) is 24.3 Å². The number of phenols is 1. The summed E-state index contributed by atoms with van der Waals surface area (Å²) in [5, 5.41) is 12.0. The van der Waals surface area contributed by atoms with E-state index < -0.39 is 0 Å². The number of aryl methyl sites for hydroxylation is 1. The lowest BCUT2D eigenvalue weighted by atomic mass is 10.0. The lowest BCUT2D eigenvalue weighted by molar-refractivity contribution is 0.415. The Balaban J connectivity index is 2.85. The second-order valence-electron chi connectivity index (χ2n) is 3.39. The van der Waals surface area contributed by atoms with Gasteiger partial charge in [0.15, 0.2) is 0 Å². The summed E-state index contributed by atoms with van der Waals surface area (Å²) in [7, 11) is 1.58. The highest BCUT2D eigenvalue weighted by molar-refractivity contribution is 6.37. The summed E-state index contributed by atoms with van der Waals surface area (Å²) < 4.78 is 5.13. The molecule has 0 bridgehead atoms. The number of hydrogen-bond donors (Lipinski definition) is 1. The van der Waals surface area contributed by atoms with Gasteiger partial charge in [0, 0.05) is 5.39 Å². The average Bonchev–Trinajstić information content (AvgIpc) is 2.24. The fourth-order valence-electron chi connectivity index (χ4n) is 1.65. The molecule has 78 valence electrons. The van der Waals surface area contributed by atoms with Gasteiger partial charge in [-0.3, -0.25) is 0 Å². The van der Waals surface area contributed by atoms with E-state index in [0.717, 1.165) is 16.3 Å². The molecular weight excluding hydrogens is 212 g/mol. The second-order valence-corrected chi connectivity index (χ2v) is 3.76. The SMILES string of the molecule is COc1ccc2c(C)c(O)ccc2c1Cl. The molecule has 0 aliphatic rings. The van der Waals surface area contributed by atoms with E-state index in [4.69, 9.17) is 16.3 Å². The maximum atomic E-state index is 9.56. The van der Waals surface area contributed by atoms with Gasteiger partial charge in [-0.15, -0.1) is 0 Å².